The maximum atomic E-state index is 12.3. The highest BCUT2D eigenvalue weighted by Crippen LogP contribution is 2.21. The fourth-order valence-electron chi connectivity index (χ4n) is 2.46. The van der Waals surface area contributed by atoms with Gasteiger partial charge in [-0.15, -0.1) is 10.2 Å². The van der Waals surface area contributed by atoms with Gasteiger partial charge in [0, 0.05) is 11.1 Å². The summed E-state index contributed by atoms with van der Waals surface area (Å²) in [4.78, 5) is 12.3. The Balaban J connectivity index is 1.58. The number of carbonyl (C=O) groups is 1. The second-order valence-electron chi connectivity index (χ2n) is 5.91. The van der Waals surface area contributed by atoms with Gasteiger partial charge < -0.3 is 9.15 Å². The van der Waals surface area contributed by atoms with Crippen LogP contribution in [0.5, 0.6) is 5.75 Å². The summed E-state index contributed by atoms with van der Waals surface area (Å²) in [6.45, 7) is 4.34. The van der Waals surface area contributed by atoms with Crippen LogP contribution in [0.25, 0.3) is 11.5 Å². The van der Waals surface area contributed by atoms with Crippen LogP contribution in [-0.2, 0) is 0 Å². The molecule has 0 aliphatic carbocycles. The van der Waals surface area contributed by atoms with Crippen molar-refractivity contribution in [3.8, 4) is 17.2 Å². The molecule has 0 amide bonds. The average molecular weight is 336 g/mol. The molecule has 0 radical (unpaired) electrons. The fraction of sp³-hybridized carbons (Fsp3) is 0.250. The molecule has 0 saturated heterocycles. The molecule has 2 aromatic carbocycles. The molecule has 0 N–H and O–H groups in total. The third-order valence-corrected chi connectivity index (χ3v) is 4.25. The van der Waals surface area contributed by atoms with Crippen LogP contribution in [0.3, 0.4) is 0 Å². The summed E-state index contributed by atoms with van der Waals surface area (Å²) in [5.74, 6) is 1.52. The van der Waals surface area contributed by atoms with Gasteiger partial charge in [0.15, 0.2) is 12.4 Å². The van der Waals surface area contributed by atoms with Gasteiger partial charge in [-0.05, 0) is 42.2 Å². The SMILES string of the molecule is CC[C@H](C)c1ccc(C(=O)COc2ccc(-c3nnco3)cc2)cc1. The Hall–Kier alpha value is -2.95. The molecule has 25 heavy (non-hydrogen) atoms. The molecule has 1 atom stereocenters. The zero-order valence-corrected chi connectivity index (χ0v) is 14.3. The van der Waals surface area contributed by atoms with Crippen LogP contribution in [0.1, 0.15) is 42.1 Å². The topological polar surface area (TPSA) is 65.2 Å². The Morgan fingerprint density at radius 3 is 2.44 bits per heavy atom. The van der Waals surface area contributed by atoms with Gasteiger partial charge in [-0.2, -0.15) is 0 Å². The van der Waals surface area contributed by atoms with E-state index < -0.39 is 0 Å². The predicted molar refractivity (Wildman–Crippen MR) is 94.7 cm³/mol. The highest BCUT2D eigenvalue weighted by molar-refractivity contribution is 5.97. The van der Waals surface area contributed by atoms with Crippen molar-refractivity contribution in [2.45, 2.75) is 26.2 Å². The highest BCUT2D eigenvalue weighted by Gasteiger charge is 2.09. The molecule has 3 aromatic rings. The van der Waals surface area contributed by atoms with E-state index in [4.69, 9.17) is 9.15 Å². The summed E-state index contributed by atoms with van der Waals surface area (Å²) in [5.41, 5.74) is 2.71. The first-order valence-electron chi connectivity index (χ1n) is 8.30. The molecule has 0 saturated carbocycles. The van der Waals surface area contributed by atoms with Crippen LogP contribution in [0.15, 0.2) is 59.3 Å². The normalized spacial score (nSPS) is 11.9. The predicted octanol–water partition coefficient (Wildman–Crippen LogP) is 4.51. The molecule has 1 heterocycles. The van der Waals surface area contributed by atoms with E-state index in [-0.39, 0.29) is 12.4 Å². The molecule has 0 aliphatic rings. The van der Waals surface area contributed by atoms with E-state index in [0.717, 1.165) is 12.0 Å². The summed E-state index contributed by atoms with van der Waals surface area (Å²) >= 11 is 0. The van der Waals surface area contributed by atoms with Crippen LogP contribution in [-0.4, -0.2) is 22.6 Å². The minimum atomic E-state index is -0.0447. The summed E-state index contributed by atoms with van der Waals surface area (Å²) in [5, 5.41) is 7.49. The Kier molecular flexibility index (Phi) is 5.23. The number of Topliss-reactive ketones (excluding diaryl/α,β-unsaturated/α-hetero) is 1. The first kappa shape index (κ1) is 16.9. The molecule has 1 aromatic heterocycles. The molecule has 0 spiro atoms. The molecule has 0 bridgehead atoms. The standard InChI is InChI=1S/C20H20N2O3/c1-3-14(2)15-4-6-16(7-5-15)19(23)12-24-18-10-8-17(9-11-18)20-22-21-13-25-20/h4-11,13-14H,3,12H2,1-2H3/t14-/m0/s1. The molecule has 3 rings (SSSR count). The molecular weight excluding hydrogens is 316 g/mol. The van der Waals surface area contributed by atoms with Crippen molar-refractivity contribution in [3.63, 3.8) is 0 Å². The third kappa shape index (κ3) is 4.12. The zero-order chi connectivity index (χ0) is 17.6. The van der Waals surface area contributed by atoms with Gasteiger partial charge in [0.05, 0.1) is 0 Å². The Bertz CT molecular complexity index is 809. The second-order valence-corrected chi connectivity index (χ2v) is 5.91. The summed E-state index contributed by atoms with van der Waals surface area (Å²) in [6, 6.07) is 14.9. The third-order valence-electron chi connectivity index (χ3n) is 4.25. The van der Waals surface area contributed by atoms with Gasteiger partial charge in [0.25, 0.3) is 0 Å². The molecular formula is C20H20N2O3. The van der Waals surface area contributed by atoms with Crippen LogP contribution >= 0.6 is 0 Å². The van der Waals surface area contributed by atoms with Crippen molar-refractivity contribution >= 4 is 5.78 Å². The number of benzene rings is 2. The van der Waals surface area contributed by atoms with Crippen molar-refractivity contribution in [3.05, 3.63) is 66.1 Å². The number of hydrogen-bond donors (Lipinski definition) is 0. The Labute approximate surface area is 146 Å². The molecule has 0 aliphatic heterocycles. The number of ether oxygens (including phenoxy) is 1. The zero-order valence-electron chi connectivity index (χ0n) is 14.3. The maximum Gasteiger partial charge on any atom is 0.247 e. The fourth-order valence-corrected chi connectivity index (χ4v) is 2.46. The monoisotopic (exact) mass is 336 g/mol. The van der Waals surface area contributed by atoms with Gasteiger partial charge in [-0.1, -0.05) is 38.1 Å². The van der Waals surface area contributed by atoms with Crippen LogP contribution < -0.4 is 4.74 Å². The van der Waals surface area contributed by atoms with Crippen molar-refractivity contribution in [2.75, 3.05) is 6.61 Å². The minimum Gasteiger partial charge on any atom is -0.485 e. The average Bonchev–Trinajstić information content (AvgIpc) is 3.21. The van der Waals surface area contributed by atoms with E-state index in [1.54, 1.807) is 12.1 Å². The first-order valence-corrected chi connectivity index (χ1v) is 8.30. The maximum absolute atomic E-state index is 12.3. The van der Waals surface area contributed by atoms with E-state index in [2.05, 4.69) is 24.0 Å². The lowest BCUT2D eigenvalue weighted by molar-refractivity contribution is 0.0921. The van der Waals surface area contributed by atoms with Crippen LogP contribution in [0.2, 0.25) is 0 Å². The van der Waals surface area contributed by atoms with Crippen molar-refractivity contribution in [1.82, 2.24) is 10.2 Å². The van der Waals surface area contributed by atoms with Crippen LogP contribution in [0, 0.1) is 0 Å². The molecule has 5 nitrogen and oxygen atoms in total. The molecule has 128 valence electrons. The summed E-state index contributed by atoms with van der Waals surface area (Å²) in [6.07, 6.45) is 2.36. The summed E-state index contributed by atoms with van der Waals surface area (Å²) < 4.78 is 10.7. The molecule has 0 unspecified atom stereocenters. The van der Waals surface area contributed by atoms with Crippen LogP contribution in [0.4, 0.5) is 0 Å². The number of nitrogens with zero attached hydrogens (tertiary/aromatic N) is 2. The van der Waals surface area contributed by atoms with E-state index in [9.17, 15) is 4.79 Å². The molecule has 0 fully saturated rings. The lowest BCUT2D eigenvalue weighted by Gasteiger charge is -2.10. The number of aromatic nitrogens is 2. The number of ketones is 1. The van der Waals surface area contributed by atoms with E-state index in [0.29, 0.717) is 23.1 Å². The largest absolute Gasteiger partial charge is 0.485 e. The summed E-state index contributed by atoms with van der Waals surface area (Å²) in [7, 11) is 0. The van der Waals surface area contributed by atoms with Crippen molar-refractivity contribution < 1.29 is 13.9 Å². The van der Waals surface area contributed by atoms with E-state index in [1.807, 2.05) is 36.4 Å². The highest BCUT2D eigenvalue weighted by atomic mass is 16.5. The van der Waals surface area contributed by atoms with Gasteiger partial charge in [-0.3, -0.25) is 4.79 Å². The lowest BCUT2D eigenvalue weighted by Crippen LogP contribution is -2.11. The van der Waals surface area contributed by atoms with Crippen molar-refractivity contribution in [2.24, 2.45) is 0 Å². The van der Waals surface area contributed by atoms with Gasteiger partial charge >= 0.3 is 0 Å². The minimum absolute atomic E-state index is 0.00256. The van der Waals surface area contributed by atoms with Gasteiger partial charge in [0.2, 0.25) is 12.3 Å². The quantitative estimate of drug-likeness (QED) is 0.594. The van der Waals surface area contributed by atoms with Crippen molar-refractivity contribution in [1.29, 1.82) is 0 Å². The Morgan fingerprint density at radius 1 is 1.12 bits per heavy atom. The molecule has 5 heteroatoms. The van der Waals surface area contributed by atoms with E-state index >= 15 is 0 Å². The first-order chi connectivity index (χ1) is 12.2. The number of hydrogen-bond acceptors (Lipinski definition) is 5. The number of rotatable bonds is 7. The lowest BCUT2D eigenvalue weighted by atomic mass is 9.97. The Morgan fingerprint density at radius 2 is 1.84 bits per heavy atom. The van der Waals surface area contributed by atoms with E-state index in [1.165, 1.54) is 12.0 Å². The number of carbonyl (C=O) groups excluding carboxylic acids is 1. The van der Waals surface area contributed by atoms with Gasteiger partial charge in [0.1, 0.15) is 5.75 Å². The van der Waals surface area contributed by atoms with Gasteiger partial charge in [-0.25, -0.2) is 0 Å². The second kappa shape index (κ2) is 7.75. The smallest absolute Gasteiger partial charge is 0.247 e.